The smallest absolute Gasteiger partial charge is 0.293 e. The molecule has 0 aliphatic heterocycles. The van der Waals surface area contributed by atoms with Crippen molar-refractivity contribution < 1.29 is 18.8 Å². The van der Waals surface area contributed by atoms with Crippen LogP contribution in [-0.2, 0) is 0 Å². The predicted molar refractivity (Wildman–Crippen MR) is 66.3 cm³/mol. The maximum absolute atomic E-state index is 12.8. The summed E-state index contributed by atoms with van der Waals surface area (Å²) in [4.78, 5) is 10.0. The number of alkyl halides is 2. The summed E-state index contributed by atoms with van der Waals surface area (Å²) in [5, 5.41) is 21.3. The van der Waals surface area contributed by atoms with Gasteiger partial charge in [-0.15, -0.1) is 0 Å². The Hall–Kier alpha value is -1.03. The molecule has 1 aromatic rings. The summed E-state index contributed by atoms with van der Waals surface area (Å²) in [5.41, 5.74) is -0.269. The average molecular weight is 358 g/mol. The Bertz CT molecular complexity index is 429. The van der Waals surface area contributed by atoms with Crippen molar-refractivity contribution in [2.45, 2.75) is 5.92 Å². The lowest BCUT2D eigenvalue weighted by Gasteiger charge is -2.14. The Labute approximate surface area is 109 Å². The van der Waals surface area contributed by atoms with Gasteiger partial charge in [0, 0.05) is 9.64 Å². The number of nitrogens with zero attached hydrogens (tertiary/aromatic N) is 1. The van der Waals surface area contributed by atoms with E-state index >= 15 is 0 Å². The number of nitro groups is 1. The minimum absolute atomic E-state index is 0.00328. The number of nitro benzene ring substituents is 1. The van der Waals surface area contributed by atoms with Crippen LogP contribution >= 0.6 is 22.6 Å². The van der Waals surface area contributed by atoms with E-state index in [1.807, 2.05) is 22.6 Å². The SMILES string of the molecule is O=[N+]([O-])c1cc(I)ccc1NCC(F)(F)CO. The number of rotatable bonds is 5. The second-order valence-corrected chi connectivity index (χ2v) is 4.53. The molecule has 0 saturated carbocycles. The molecule has 0 aliphatic rings. The summed E-state index contributed by atoms with van der Waals surface area (Å²) in [5.74, 6) is -3.31. The van der Waals surface area contributed by atoms with Crippen LogP contribution in [0, 0.1) is 13.7 Å². The van der Waals surface area contributed by atoms with Crippen molar-refractivity contribution in [3.05, 3.63) is 31.9 Å². The van der Waals surface area contributed by atoms with Crippen LogP contribution in [0.4, 0.5) is 20.2 Å². The first-order chi connectivity index (χ1) is 7.85. The first-order valence-electron chi connectivity index (χ1n) is 4.52. The van der Waals surface area contributed by atoms with Crippen molar-refractivity contribution in [3.8, 4) is 0 Å². The molecule has 0 saturated heterocycles. The number of nitrogens with one attached hydrogen (secondary N) is 1. The van der Waals surface area contributed by atoms with Crippen LogP contribution in [-0.4, -0.2) is 29.1 Å². The number of hydrogen-bond acceptors (Lipinski definition) is 4. The molecule has 0 atom stereocenters. The lowest BCUT2D eigenvalue weighted by atomic mass is 10.2. The standard InChI is InChI=1S/C9H9F2IN2O3/c10-9(11,5-15)4-13-7-2-1-6(12)3-8(7)14(16)17/h1-3,13,15H,4-5H2. The highest BCUT2D eigenvalue weighted by atomic mass is 127. The summed E-state index contributed by atoms with van der Waals surface area (Å²) >= 11 is 1.89. The molecule has 1 rings (SSSR count). The third kappa shape index (κ3) is 4.04. The van der Waals surface area contributed by atoms with E-state index in [1.54, 1.807) is 6.07 Å². The molecule has 8 heteroatoms. The van der Waals surface area contributed by atoms with E-state index in [0.717, 1.165) is 0 Å². The minimum atomic E-state index is -3.31. The van der Waals surface area contributed by atoms with E-state index in [2.05, 4.69) is 5.32 Å². The van der Waals surface area contributed by atoms with Crippen LogP contribution in [0.25, 0.3) is 0 Å². The van der Waals surface area contributed by atoms with Gasteiger partial charge in [-0.1, -0.05) is 0 Å². The topological polar surface area (TPSA) is 75.4 Å². The number of anilines is 1. The quantitative estimate of drug-likeness (QED) is 0.481. The first-order valence-corrected chi connectivity index (χ1v) is 5.60. The van der Waals surface area contributed by atoms with Crippen molar-refractivity contribution in [2.75, 3.05) is 18.5 Å². The molecule has 5 nitrogen and oxygen atoms in total. The summed E-state index contributed by atoms with van der Waals surface area (Å²) in [6.45, 7) is -2.16. The van der Waals surface area contributed by atoms with E-state index < -0.39 is 24.0 Å². The molecule has 0 heterocycles. The van der Waals surface area contributed by atoms with Crippen molar-refractivity contribution in [1.82, 2.24) is 0 Å². The van der Waals surface area contributed by atoms with Crippen molar-refractivity contribution in [2.24, 2.45) is 0 Å². The second kappa shape index (κ2) is 5.54. The fourth-order valence-corrected chi connectivity index (χ4v) is 1.56. The van der Waals surface area contributed by atoms with Gasteiger partial charge in [0.15, 0.2) is 0 Å². The lowest BCUT2D eigenvalue weighted by Crippen LogP contribution is -2.31. The predicted octanol–water partition coefficient (Wildman–Crippen LogP) is 2.24. The molecule has 94 valence electrons. The molecular formula is C9H9F2IN2O3. The largest absolute Gasteiger partial charge is 0.390 e. The first kappa shape index (κ1) is 14.0. The van der Waals surface area contributed by atoms with Gasteiger partial charge in [0.05, 0.1) is 11.5 Å². The van der Waals surface area contributed by atoms with Gasteiger partial charge in [0.2, 0.25) is 0 Å². The molecule has 17 heavy (non-hydrogen) atoms. The van der Waals surface area contributed by atoms with Gasteiger partial charge in [-0.2, -0.15) is 0 Å². The highest BCUT2D eigenvalue weighted by Gasteiger charge is 2.28. The zero-order valence-electron chi connectivity index (χ0n) is 8.49. The monoisotopic (exact) mass is 358 g/mol. The third-order valence-corrected chi connectivity index (χ3v) is 2.60. The molecule has 0 spiro atoms. The molecule has 2 N–H and O–H groups in total. The Morgan fingerprint density at radius 1 is 1.53 bits per heavy atom. The highest BCUT2D eigenvalue weighted by Crippen LogP contribution is 2.27. The number of halogens is 3. The van der Waals surface area contributed by atoms with E-state index in [1.165, 1.54) is 12.1 Å². The number of aliphatic hydroxyl groups excluding tert-OH is 1. The summed E-state index contributed by atoms with van der Waals surface area (Å²) in [6, 6.07) is 4.19. The van der Waals surface area contributed by atoms with Gasteiger partial charge < -0.3 is 10.4 Å². The van der Waals surface area contributed by atoms with E-state index in [-0.39, 0.29) is 11.4 Å². The minimum Gasteiger partial charge on any atom is -0.390 e. The second-order valence-electron chi connectivity index (χ2n) is 3.29. The number of hydrogen-bond donors (Lipinski definition) is 2. The van der Waals surface area contributed by atoms with Gasteiger partial charge in [0.25, 0.3) is 11.6 Å². The van der Waals surface area contributed by atoms with Crippen molar-refractivity contribution in [1.29, 1.82) is 0 Å². The maximum Gasteiger partial charge on any atom is 0.293 e. The Morgan fingerprint density at radius 3 is 2.71 bits per heavy atom. The van der Waals surface area contributed by atoms with Crippen LogP contribution in [0.5, 0.6) is 0 Å². The van der Waals surface area contributed by atoms with Crippen LogP contribution in [0.15, 0.2) is 18.2 Å². The summed E-state index contributed by atoms with van der Waals surface area (Å²) in [7, 11) is 0. The zero-order valence-corrected chi connectivity index (χ0v) is 10.6. The Morgan fingerprint density at radius 2 is 2.18 bits per heavy atom. The molecule has 0 radical (unpaired) electrons. The average Bonchev–Trinajstić information content (AvgIpc) is 2.27. The fourth-order valence-electron chi connectivity index (χ4n) is 1.09. The van der Waals surface area contributed by atoms with Crippen LogP contribution < -0.4 is 5.32 Å². The van der Waals surface area contributed by atoms with Gasteiger partial charge in [-0.05, 0) is 34.7 Å². The summed E-state index contributed by atoms with van der Waals surface area (Å²) < 4.78 is 26.2. The molecule has 0 aliphatic carbocycles. The van der Waals surface area contributed by atoms with Crippen molar-refractivity contribution >= 4 is 34.0 Å². The zero-order chi connectivity index (χ0) is 13.1. The van der Waals surface area contributed by atoms with Gasteiger partial charge in [-0.3, -0.25) is 10.1 Å². The van der Waals surface area contributed by atoms with Gasteiger partial charge in [-0.25, -0.2) is 8.78 Å². The molecule has 0 bridgehead atoms. The van der Waals surface area contributed by atoms with E-state index in [0.29, 0.717) is 3.57 Å². The highest BCUT2D eigenvalue weighted by molar-refractivity contribution is 14.1. The van der Waals surface area contributed by atoms with Crippen LogP contribution in [0.1, 0.15) is 0 Å². The molecular weight excluding hydrogens is 349 g/mol. The third-order valence-electron chi connectivity index (χ3n) is 1.93. The Balaban J connectivity index is 2.88. The van der Waals surface area contributed by atoms with Crippen LogP contribution in [0.3, 0.4) is 0 Å². The molecule has 0 unspecified atom stereocenters. The lowest BCUT2D eigenvalue weighted by molar-refractivity contribution is -0.384. The van der Waals surface area contributed by atoms with Crippen LogP contribution in [0.2, 0.25) is 0 Å². The molecule has 0 aromatic heterocycles. The molecule has 0 fully saturated rings. The van der Waals surface area contributed by atoms with Crippen molar-refractivity contribution in [3.63, 3.8) is 0 Å². The van der Waals surface area contributed by atoms with E-state index in [4.69, 9.17) is 5.11 Å². The number of benzene rings is 1. The summed E-state index contributed by atoms with van der Waals surface area (Å²) in [6.07, 6.45) is 0. The molecule has 1 aromatic carbocycles. The Kier molecular flexibility index (Phi) is 4.57. The van der Waals surface area contributed by atoms with Gasteiger partial charge in [0.1, 0.15) is 12.3 Å². The van der Waals surface area contributed by atoms with Gasteiger partial charge >= 0.3 is 0 Å². The molecule has 0 amide bonds. The van der Waals surface area contributed by atoms with E-state index in [9.17, 15) is 18.9 Å². The fraction of sp³-hybridized carbons (Fsp3) is 0.333. The number of aliphatic hydroxyl groups is 1. The normalized spacial score (nSPS) is 11.3. The maximum atomic E-state index is 12.8.